The molecule has 2 unspecified atom stereocenters. The molecule has 26 heavy (non-hydrogen) atoms. The van der Waals surface area contributed by atoms with Crippen molar-refractivity contribution in [3.8, 4) is 5.75 Å². The van der Waals surface area contributed by atoms with Crippen LogP contribution in [0.4, 0.5) is 0 Å². The van der Waals surface area contributed by atoms with Gasteiger partial charge >= 0.3 is 0 Å². The molecular formula is C21H35N3O2. The molecule has 1 aromatic carbocycles. The number of guanidine groups is 1. The average Bonchev–Trinajstić information content (AvgIpc) is 2.62. The number of aliphatic imine (C=N–C) groups is 1. The van der Waals surface area contributed by atoms with E-state index in [2.05, 4.69) is 55.2 Å². The van der Waals surface area contributed by atoms with Gasteiger partial charge in [-0.3, -0.25) is 4.99 Å². The molecule has 0 bridgehead atoms. The summed E-state index contributed by atoms with van der Waals surface area (Å²) < 4.78 is 11.3. The van der Waals surface area contributed by atoms with Crippen molar-refractivity contribution >= 4 is 5.96 Å². The van der Waals surface area contributed by atoms with Gasteiger partial charge in [0.05, 0.1) is 13.2 Å². The fraction of sp³-hybridized carbons (Fsp3) is 0.667. The van der Waals surface area contributed by atoms with E-state index >= 15 is 0 Å². The molecule has 1 aliphatic heterocycles. The van der Waals surface area contributed by atoms with E-state index in [1.165, 1.54) is 12.0 Å². The molecule has 5 nitrogen and oxygen atoms in total. The van der Waals surface area contributed by atoms with Gasteiger partial charge in [0.1, 0.15) is 5.75 Å². The Bertz CT molecular complexity index is 578. The Morgan fingerprint density at radius 1 is 1.31 bits per heavy atom. The van der Waals surface area contributed by atoms with Gasteiger partial charge in [-0.05, 0) is 36.0 Å². The third-order valence-electron chi connectivity index (χ3n) is 4.97. The molecule has 1 fully saturated rings. The molecule has 2 atom stereocenters. The van der Waals surface area contributed by atoms with E-state index < -0.39 is 0 Å². The predicted octanol–water partition coefficient (Wildman–Crippen LogP) is 3.54. The molecule has 1 saturated heterocycles. The summed E-state index contributed by atoms with van der Waals surface area (Å²) in [5, 5.41) is 3.56. The second kappa shape index (κ2) is 9.26. The largest absolute Gasteiger partial charge is 0.497 e. The lowest BCUT2D eigenvalue weighted by Gasteiger charge is -2.40. The van der Waals surface area contributed by atoms with Crippen LogP contribution in [0, 0.1) is 11.3 Å². The van der Waals surface area contributed by atoms with Crippen LogP contribution in [-0.4, -0.2) is 51.3 Å². The summed E-state index contributed by atoms with van der Waals surface area (Å²) in [5.74, 6) is 2.30. The monoisotopic (exact) mass is 361 g/mol. The Labute approximate surface area is 158 Å². The van der Waals surface area contributed by atoms with Gasteiger partial charge in [-0.15, -0.1) is 0 Å². The summed E-state index contributed by atoms with van der Waals surface area (Å²) in [4.78, 5) is 6.61. The molecule has 5 heteroatoms. The maximum absolute atomic E-state index is 6.09. The van der Waals surface area contributed by atoms with Crippen molar-refractivity contribution < 1.29 is 9.47 Å². The first kappa shape index (κ1) is 20.6. The van der Waals surface area contributed by atoms with E-state index in [0.717, 1.165) is 37.8 Å². The normalized spacial score (nSPS) is 21.4. The van der Waals surface area contributed by atoms with Crippen molar-refractivity contribution in [2.24, 2.45) is 16.3 Å². The highest BCUT2D eigenvalue weighted by molar-refractivity contribution is 5.79. The molecule has 146 valence electrons. The van der Waals surface area contributed by atoms with Crippen LogP contribution in [0.3, 0.4) is 0 Å². The molecule has 0 radical (unpaired) electrons. The number of nitrogens with zero attached hydrogens (tertiary/aromatic N) is 2. The molecule has 0 aliphatic carbocycles. The number of nitrogens with one attached hydrogen (secondary N) is 1. The van der Waals surface area contributed by atoms with Crippen LogP contribution in [0.1, 0.15) is 39.2 Å². The van der Waals surface area contributed by atoms with E-state index in [1.54, 1.807) is 7.11 Å². The van der Waals surface area contributed by atoms with E-state index in [4.69, 9.17) is 9.47 Å². The van der Waals surface area contributed by atoms with Crippen LogP contribution >= 0.6 is 0 Å². The van der Waals surface area contributed by atoms with Crippen LogP contribution in [0.2, 0.25) is 0 Å². The molecule has 0 saturated carbocycles. The lowest BCUT2D eigenvalue weighted by Crippen LogP contribution is -2.47. The number of ether oxygens (including phenoxy) is 2. The molecular weight excluding hydrogens is 326 g/mol. The lowest BCUT2D eigenvalue weighted by atomic mass is 9.78. The summed E-state index contributed by atoms with van der Waals surface area (Å²) in [6, 6.07) is 8.17. The van der Waals surface area contributed by atoms with Crippen molar-refractivity contribution in [3.63, 3.8) is 0 Å². The molecule has 1 aromatic rings. The van der Waals surface area contributed by atoms with Crippen molar-refractivity contribution in [2.45, 2.75) is 46.3 Å². The number of benzene rings is 1. The van der Waals surface area contributed by atoms with Crippen molar-refractivity contribution in [2.75, 3.05) is 34.4 Å². The standard InChI is InChI=1S/C21H35N3O2/c1-21(2,3)19-17(8-7-13-26-19)14-23-20(22-4)24(5)15-16-9-11-18(25-6)12-10-16/h9-12,17,19H,7-8,13-15H2,1-6H3,(H,22,23). The minimum absolute atomic E-state index is 0.158. The van der Waals surface area contributed by atoms with Crippen LogP contribution in [-0.2, 0) is 11.3 Å². The first-order valence-corrected chi connectivity index (χ1v) is 9.51. The molecule has 1 N–H and O–H groups in total. The quantitative estimate of drug-likeness (QED) is 0.644. The Hall–Kier alpha value is -1.75. The average molecular weight is 362 g/mol. The van der Waals surface area contributed by atoms with E-state index in [-0.39, 0.29) is 11.5 Å². The number of hydrogen-bond acceptors (Lipinski definition) is 3. The summed E-state index contributed by atoms with van der Waals surface area (Å²) in [6.45, 7) is 9.36. The topological polar surface area (TPSA) is 46.1 Å². The van der Waals surface area contributed by atoms with Crippen molar-refractivity contribution in [3.05, 3.63) is 29.8 Å². The Balaban J connectivity index is 1.93. The van der Waals surface area contributed by atoms with Crippen molar-refractivity contribution in [1.82, 2.24) is 10.2 Å². The Morgan fingerprint density at radius 2 is 2.00 bits per heavy atom. The number of hydrogen-bond donors (Lipinski definition) is 1. The predicted molar refractivity (Wildman–Crippen MR) is 108 cm³/mol. The van der Waals surface area contributed by atoms with Gasteiger partial charge in [-0.2, -0.15) is 0 Å². The van der Waals surface area contributed by atoms with Gasteiger partial charge in [-0.25, -0.2) is 0 Å². The number of methoxy groups -OCH3 is 1. The van der Waals surface area contributed by atoms with Crippen molar-refractivity contribution in [1.29, 1.82) is 0 Å². The second-order valence-electron chi connectivity index (χ2n) is 8.19. The maximum Gasteiger partial charge on any atom is 0.193 e. The van der Waals surface area contributed by atoms with E-state index in [0.29, 0.717) is 5.92 Å². The van der Waals surface area contributed by atoms with Gasteiger partial charge in [0.25, 0.3) is 0 Å². The zero-order chi connectivity index (χ0) is 19.2. The number of rotatable bonds is 5. The SMILES string of the molecule is CN=C(NCC1CCCOC1C(C)(C)C)N(C)Cc1ccc(OC)cc1. The Morgan fingerprint density at radius 3 is 2.58 bits per heavy atom. The van der Waals surface area contributed by atoms with Gasteiger partial charge < -0.3 is 19.7 Å². The molecule has 1 heterocycles. The molecule has 1 aliphatic rings. The molecule has 0 aromatic heterocycles. The van der Waals surface area contributed by atoms with Crippen LogP contribution in [0.15, 0.2) is 29.3 Å². The third-order valence-corrected chi connectivity index (χ3v) is 4.97. The highest BCUT2D eigenvalue weighted by Gasteiger charge is 2.35. The molecule has 0 spiro atoms. The van der Waals surface area contributed by atoms with Gasteiger partial charge in [0, 0.05) is 39.7 Å². The molecule has 2 rings (SSSR count). The van der Waals surface area contributed by atoms with Crippen LogP contribution in [0.25, 0.3) is 0 Å². The van der Waals surface area contributed by atoms with Gasteiger partial charge in [0.15, 0.2) is 5.96 Å². The summed E-state index contributed by atoms with van der Waals surface area (Å²) in [5.41, 5.74) is 1.38. The van der Waals surface area contributed by atoms with Crippen LogP contribution < -0.4 is 10.1 Å². The van der Waals surface area contributed by atoms with E-state index in [9.17, 15) is 0 Å². The first-order valence-electron chi connectivity index (χ1n) is 9.51. The fourth-order valence-electron chi connectivity index (χ4n) is 3.70. The Kier molecular flexibility index (Phi) is 7.33. The first-order chi connectivity index (χ1) is 12.3. The lowest BCUT2D eigenvalue weighted by molar-refractivity contribution is -0.0836. The summed E-state index contributed by atoms with van der Waals surface area (Å²) in [6.07, 6.45) is 2.63. The zero-order valence-corrected chi connectivity index (χ0v) is 17.2. The minimum atomic E-state index is 0.158. The fourth-order valence-corrected chi connectivity index (χ4v) is 3.70. The zero-order valence-electron chi connectivity index (χ0n) is 17.2. The summed E-state index contributed by atoms with van der Waals surface area (Å²) in [7, 11) is 5.59. The van der Waals surface area contributed by atoms with Crippen LogP contribution in [0.5, 0.6) is 5.75 Å². The highest BCUT2D eigenvalue weighted by atomic mass is 16.5. The highest BCUT2D eigenvalue weighted by Crippen LogP contribution is 2.33. The summed E-state index contributed by atoms with van der Waals surface area (Å²) >= 11 is 0. The maximum atomic E-state index is 6.09. The smallest absolute Gasteiger partial charge is 0.193 e. The van der Waals surface area contributed by atoms with Gasteiger partial charge in [0.2, 0.25) is 0 Å². The second-order valence-corrected chi connectivity index (χ2v) is 8.19. The third kappa shape index (κ3) is 5.63. The van der Waals surface area contributed by atoms with E-state index in [1.807, 2.05) is 19.2 Å². The minimum Gasteiger partial charge on any atom is -0.497 e. The van der Waals surface area contributed by atoms with Gasteiger partial charge in [-0.1, -0.05) is 32.9 Å². The molecule has 0 amide bonds.